The van der Waals surface area contributed by atoms with Crippen LogP contribution < -0.4 is 10.6 Å². The van der Waals surface area contributed by atoms with Crippen molar-refractivity contribution in [3.63, 3.8) is 0 Å². The lowest BCUT2D eigenvalue weighted by Gasteiger charge is -2.55. The maximum Gasteiger partial charge on any atom is 0.244 e. The average Bonchev–Trinajstić information content (AvgIpc) is 3.66. The molecule has 1 aromatic carbocycles. The fourth-order valence-corrected chi connectivity index (χ4v) is 7.80. The lowest BCUT2D eigenvalue weighted by atomic mass is 9.78. The van der Waals surface area contributed by atoms with Gasteiger partial charge in [0.2, 0.25) is 11.8 Å². The van der Waals surface area contributed by atoms with E-state index in [9.17, 15) is 18.4 Å². The molecule has 5 aliphatic rings. The third-order valence-corrected chi connectivity index (χ3v) is 10.1. The smallest absolute Gasteiger partial charge is 0.244 e. The molecule has 1 saturated carbocycles. The van der Waals surface area contributed by atoms with Gasteiger partial charge >= 0.3 is 0 Å². The van der Waals surface area contributed by atoms with Crippen molar-refractivity contribution in [1.29, 1.82) is 0 Å². The maximum atomic E-state index is 14.4. The topological polar surface area (TPSA) is 77.6 Å². The van der Waals surface area contributed by atoms with Crippen LogP contribution in [0, 0.1) is 28.9 Å². The summed E-state index contributed by atoms with van der Waals surface area (Å²) in [6, 6.07) is 5.47. The number of amides is 2. The summed E-state index contributed by atoms with van der Waals surface area (Å²) in [7, 11) is 1.94. The Morgan fingerprint density at radius 1 is 1.07 bits per heavy atom. The van der Waals surface area contributed by atoms with Gasteiger partial charge in [-0.25, -0.2) is 8.78 Å². The molecule has 9 heteroatoms. The Bertz CT molecular complexity index is 1630. The molecular weight excluding hydrogens is 536 g/mol. The van der Waals surface area contributed by atoms with Gasteiger partial charge in [0.1, 0.15) is 23.0 Å². The van der Waals surface area contributed by atoms with Crippen molar-refractivity contribution in [2.75, 3.05) is 26.7 Å². The third-order valence-electron chi connectivity index (χ3n) is 10.1. The number of hydrogen-bond donors (Lipinski definition) is 2. The largest absolute Gasteiger partial charge is 0.368 e. The van der Waals surface area contributed by atoms with Crippen molar-refractivity contribution >= 4 is 11.8 Å². The predicted octanol–water partition coefficient (Wildman–Crippen LogP) is 3.30. The molecule has 4 heterocycles. The van der Waals surface area contributed by atoms with Crippen LogP contribution in [0.4, 0.5) is 8.78 Å². The fourth-order valence-electron chi connectivity index (χ4n) is 7.80. The number of nitrogens with one attached hydrogen (secondary N) is 2. The molecule has 0 bridgehead atoms. The number of piperazine rings is 1. The fraction of sp³-hybridized carbons (Fsp3) is 0.424. The highest BCUT2D eigenvalue weighted by atomic mass is 19.1. The van der Waals surface area contributed by atoms with Crippen molar-refractivity contribution in [1.82, 2.24) is 25.4 Å². The Morgan fingerprint density at radius 3 is 2.60 bits per heavy atom. The number of likely N-dealkylation sites (N-methyl/N-ethyl adjacent to an activating group) is 1. The quantitative estimate of drug-likeness (QED) is 0.543. The van der Waals surface area contributed by atoms with E-state index < -0.39 is 28.1 Å². The van der Waals surface area contributed by atoms with Crippen LogP contribution in [0.5, 0.6) is 0 Å². The second-order valence-electron chi connectivity index (χ2n) is 12.5. The molecule has 2 aliphatic carbocycles. The molecular formula is C33H33F2N5O2. The highest BCUT2D eigenvalue weighted by molar-refractivity contribution is 5.93. The molecule has 1 aromatic heterocycles. The van der Waals surface area contributed by atoms with E-state index in [2.05, 4.69) is 32.4 Å². The van der Waals surface area contributed by atoms with Crippen molar-refractivity contribution in [2.45, 2.75) is 56.5 Å². The number of benzene rings is 1. The first-order valence-corrected chi connectivity index (χ1v) is 14.6. The molecule has 7 nitrogen and oxygen atoms in total. The van der Waals surface area contributed by atoms with Crippen LogP contribution >= 0.6 is 0 Å². The first kappa shape index (κ1) is 26.8. The third kappa shape index (κ3) is 3.92. The molecule has 42 heavy (non-hydrogen) atoms. The van der Waals surface area contributed by atoms with Gasteiger partial charge in [-0.15, -0.1) is 0 Å². The van der Waals surface area contributed by atoms with E-state index in [0.29, 0.717) is 37.1 Å². The van der Waals surface area contributed by atoms with Crippen molar-refractivity contribution in [3.05, 3.63) is 88.0 Å². The zero-order valence-corrected chi connectivity index (χ0v) is 23.8. The van der Waals surface area contributed by atoms with Crippen LogP contribution in [-0.2, 0) is 28.0 Å². The van der Waals surface area contributed by atoms with Gasteiger partial charge < -0.3 is 15.5 Å². The number of nitrogens with zero attached hydrogens (tertiary/aromatic N) is 3. The Labute approximate surface area is 244 Å². The normalized spacial score (nSPS) is 27.7. The van der Waals surface area contributed by atoms with Crippen molar-refractivity contribution in [2.24, 2.45) is 5.41 Å². The molecule has 2 aromatic rings. The van der Waals surface area contributed by atoms with Gasteiger partial charge in [0.25, 0.3) is 0 Å². The Balaban J connectivity index is 1.18. The standard InChI is InChI=1S/C33H33F2N5O2/c1-31(23-14-24(34)16-25(35)15-23)20-39(2)33(9-3-4-10-33)30(42)40(31)12-6-7-21-13-22-17-32(18-27(22)37-19-21)26-8-5-11-36-28(26)38-29(32)41/h5,8,13-16,19,36H,3-4,9-12,17-18,20H2,1-2H3,(H,38,41)/t31-,32-/m0/s1. The van der Waals surface area contributed by atoms with E-state index >= 15 is 0 Å². The number of dihydropyridines is 1. The SMILES string of the molecule is CN1C[C@@](C)(c2cc(F)cc(F)c2)N(CC#Cc2cnc3c(c2)C[C@@]2(C3)C(=O)NC3=C2C=CCN3)C(=O)C12CCCC2. The summed E-state index contributed by atoms with van der Waals surface area (Å²) in [5.41, 5.74) is 1.72. The second kappa shape index (κ2) is 9.50. The monoisotopic (exact) mass is 569 g/mol. The number of allylic oxidation sites excluding steroid dienone is 1. The zero-order valence-electron chi connectivity index (χ0n) is 23.8. The summed E-state index contributed by atoms with van der Waals surface area (Å²) in [5, 5.41) is 6.25. The molecule has 2 atom stereocenters. The van der Waals surface area contributed by atoms with Gasteiger partial charge in [-0.05, 0) is 62.6 Å². The van der Waals surface area contributed by atoms with E-state index in [4.69, 9.17) is 0 Å². The lowest BCUT2D eigenvalue weighted by Crippen LogP contribution is -2.70. The average molecular weight is 570 g/mol. The van der Waals surface area contributed by atoms with Gasteiger partial charge in [-0.3, -0.25) is 19.5 Å². The van der Waals surface area contributed by atoms with Gasteiger partial charge in [0.15, 0.2) is 0 Å². The molecule has 0 unspecified atom stereocenters. The van der Waals surface area contributed by atoms with Gasteiger partial charge in [0, 0.05) is 48.6 Å². The second-order valence-corrected chi connectivity index (χ2v) is 12.5. The molecule has 216 valence electrons. The number of aromatic nitrogens is 1. The van der Waals surface area contributed by atoms with Crippen LogP contribution in [0.25, 0.3) is 0 Å². The maximum absolute atomic E-state index is 14.4. The van der Waals surface area contributed by atoms with Crippen LogP contribution in [0.3, 0.4) is 0 Å². The van der Waals surface area contributed by atoms with Gasteiger partial charge in [-0.1, -0.05) is 36.8 Å². The number of pyridine rings is 1. The highest BCUT2D eigenvalue weighted by Gasteiger charge is 2.56. The Kier molecular flexibility index (Phi) is 6.07. The summed E-state index contributed by atoms with van der Waals surface area (Å²) in [5.74, 6) is 5.75. The van der Waals surface area contributed by atoms with Crippen molar-refractivity contribution in [3.8, 4) is 11.8 Å². The number of rotatable bonds is 2. The van der Waals surface area contributed by atoms with Crippen LogP contribution in [-0.4, -0.2) is 58.8 Å². The van der Waals surface area contributed by atoms with E-state index in [1.54, 1.807) is 11.1 Å². The van der Waals surface area contributed by atoms with Crippen LogP contribution in [0.2, 0.25) is 0 Å². The minimum absolute atomic E-state index is 0.0142. The summed E-state index contributed by atoms with van der Waals surface area (Å²) >= 11 is 0. The minimum atomic E-state index is -0.970. The summed E-state index contributed by atoms with van der Waals surface area (Å²) in [6.45, 7) is 3.10. The highest BCUT2D eigenvalue weighted by Crippen LogP contribution is 2.47. The first-order valence-electron chi connectivity index (χ1n) is 14.6. The molecule has 2 amide bonds. The van der Waals surface area contributed by atoms with E-state index in [-0.39, 0.29) is 18.4 Å². The number of fused-ring (bicyclic) bond motifs is 2. The molecule has 2 spiro atoms. The molecule has 2 N–H and O–H groups in total. The summed E-state index contributed by atoms with van der Waals surface area (Å²) < 4.78 is 28.7. The molecule has 0 radical (unpaired) electrons. The van der Waals surface area contributed by atoms with Gasteiger partial charge in [-0.2, -0.15) is 0 Å². The number of halogens is 2. The first-order chi connectivity index (χ1) is 20.1. The molecule has 1 saturated heterocycles. The van der Waals surface area contributed by atoms with E-state index in [1.807, 2.05) is 32.2 Å². The van der Waals surface area contributed by atoms with Crippen LogP contribution in [0.1, 0.15) is 55.0 Å². The zero-order chi connectivity index (χ0) is 29.3. The summed E-state index contributed by atoms with van der Waals surface area (Å²) in [6.07, 6.45) is 10.3. The Morgan fingerprint density at radius 2 is 1.83 bits per heavy atom. The molecule has 2 fully saturated rings. The number of hydrogen-bond acceptors (Lipinski definition) is 5. The van der Waals surface area contributed by atoms with Crippen molar-refractivity contribution < 1.29 is 18.4 Å². The minimum Gasteiger partial charge on any atom is -0.368 e. The number of carbonyl (C=O) groups is 2. The van der Waals surface area contributed by atoms with E-state index in [0.717, 1.165) is 54.4 Å². The van der Waals surface area contributed by atoms with E-state index in [1.165, 1.54) is 12.1 Å². The van der Waals surface area contributed by atoms with Crippen LogP contribution in [0.15, 0.2) is 54.0 Å². The Hall–Kier alpha value is -4.03. The predicted molar refractivity (Wildman–Crippen MR) is 153 cm³/mol. The molecule has 3 aliphatic heterocycles. The molecule has 7 rings (SSSR count). The van der Waals surface area contributed by atoms with Gasteiger partial charge in [0.05, 0.1) is 17.5 Å². The number of carbonyl (C=O) groups excluding carboxylic acids is 2. The lowest BCUT2D eigenvalue weighted by molar-refractivity contribution is -0.161. The summed E-state index contributed by atoms with van der Waals surface area (Å²) in [4.78, 5) is 35.7.